The maximum atomic E-state index is 11.9. The predicted molar refractivity (Wildman–Crippen MR) is 78.1 cm³/mol. The molecule has 0 saturated heterocycles. The summed E-state index contributed by atoms with van der Waals surface area (Å²) in [5, 5.41) is 6.06. The lowest BCUT2D eigenvalue weighted by molar-refractivity contribution is 0.0942. The number of rotatable bonds is 6. The second-order valence-electron chi connectivity index (χ2n) is 4.45. The molecule has 1 aromatic rings. The second-order valence-corrected chi connectivity index (χ2v) is 4.45. The molecular formula is C13H22ClN3O2. The van der Waals surface area contributed by atoms with E-state index in [4.69, 9.17) is 0 Å². The fourth-order valence-corrected chi connectivity index (χ4v) is 1.74. The molecule has 0 aliphatic heterocycles. The van der Waals surface area contributed by atoms with Crippen molar-refractivity contribution >= 4 is 24.1 Å². The van der Waals surface area contributed by atoms with E-state index < -0.39 is 0 Å². The van der Waals surface area contributed by atoms with Crippen LogP contribution in [0, 0.1) is 0 Å². The van der Waals surface area contributed by atoms with Crippen LogP contribution in [0.3, 0.4) is 0 Å². The van der Waals surface area contributed by atoms with E-state index in [9.17, 15) is 9.59 Å². The first-order chi connectivity index (χ1) is 8.45. The van der Waals surface area contributed by atoms with Crippen molar-refractivity contribution in [3.63, 3.8) is 0 Å². The van der Waals surface area contributed by atoms with Crippen LogP contribution in [0.1, 0.15) is 41.6 Å². The zero-order valence-electron chi connectivity index (χ0n) is 11.8. The Morgan fingerprint density at radius 3 is 2.53 bits per heavy atom. The van der Waals surface area contributed by atoms with E-state index in [1.807, 2.05) is 13.8 Å². The van der Waals surface area contributed by atoms with Crippen LogP contribution in [0.2, 0.25) is 0 Å². The van der Waals surface area contributed by atoms with Gasteiger partial charge >= 0.3 is 0 Å². The predicted octanol–water partition coefficient (Wildman–Crippen LogP) is 1.38. The number of hydrogen-bond donors (Lipinski definition) is 2. The molecule has 1 heterocycles. The van der Waals surface area contributed by atoms with Gasteiger partial charge in [-0.1, -0.05) is 6.92 Å². The molecule has 1 rings (SSSR count). The van der Waals surface area contributed by atoms with Crippen LogP contribution in [-0.2, 0) is 7.05 Å². The van der Waals surface area contributed by atoms with E-state index in [-0.39, 0.29) is 30.1 Å². The van der Waals surface area contributed by atoms with Gasteiger partial charge in [-0.05, 0) is 26.5 Å². The summed E-state index contributed by atoms with van der Waals surface area (Å²) in [5.74, 6) is -0.194. The Bertz CT molecular complexity index is 443. The largest absolute Gasteiger partial charge is 0.349 e. The summed E-state index contributed by atoms with van der Waals surface area (Å²) in [6, 6.07) is 1.85. The summed E-state index contributed by atoms with van der Waals surface area (Å²) in [4.78, 5) is 23.2. The minimum absolute atomic E-state index is 0. The third kappa shape index (κ3) is 5.04. The number of carbonyl (C=O) groups excluding carboxylic acids is 2. The maximum Gasteiger partial charge on any atom is 0.267 e. The molecule has 0 unspecified atom stereocenters. The first-order valence-electron chi connectivity index (χ1n) is 6.14. The number of amides is 1. The van der Waals surface area contributed by atoms with Crippen molar-refractivity contribution in [1.82, 2.24) is 15.2 Å². The summed E-state index contributed by atoms with van der Waals surface area (Å²) in [7, 11) is 1.76. The fourth-order valence-electron chi connectivity index (χ4n) is 1.74. The summed E-state index contributed by atoms with van der Waals surface area (Å²) < 4.78 is 1.67. The molecule has 1 amide bonds. The lowest BCUT2D eigenvalue weighted by atomic mass is 10.2. The average Bonchev–Trinajstić information content (AvgIpc) is 2.69. The molecule has 6 heteroatoms. The average molecular weight is 288 g/mol. The highest BCUT2D eigenvalue weighted by molar-refractivity contribution is 5.99. The Hall–Kier alpha value is -1.33. The van der Waals surface area contributed by atoms with Crippen molar-refractivity contribution in [3.05, 3.63) is 23.5 Å². The van der Waals surface area contributed by atoms with E-state index in [1.54, 1.807) is 23.9 Å². The molecule has 0 aliphatic rings. The number of halogens is 1. The highest BCUT2D eigenvalue weighted by Gasteiger charge is 2.14. The number of nitrogens with one attached hydrogen (secondary N) is 2. The van der Waals surface area contributed by atoms with Crippen molar-refractivity contribution in [2.45, 2.75) is 26.8 Å². The van der Waals surface area contributed by atoms with Crippen LogP contribution in [0.4, 0.5) is 0 Å². The number of likely N-dealkylation sites (N-methyl/N-ethyl adjacent to an activating group) is 1. The van der Waals surface area contributed by atoms with Crippen LogP contribution in [0.5, 0.6) is 0 Å². The molecule has 0 saturated carbocycles. The summed E-state index contributed by atoms with van der Waals surface area (Å²) in [5.41, 5.74) is 1.06. The molecule has 0 fully saturated rings. The zero-order chi connectivity index (χ0) is 13.7. The monoisotopic (exact) mass is 287 g/mol. The SMILES string of the molecule is CCN[C@H](C)CNC(=O)c1cc(C(C)=O)cn1C.Cl. The topological polar surface area (TPSA) is 63.1 Å². The highest BCUT2D eigenvalue weighted by atomic mass is 35.5. The van der Waals surface area contributed by atoms with Gasteiger partial charge in [0.1, 0.15) is 5.69 Å². The molecule has 19 heavy (non-hydrogen) atoms. The third-order valence-electron chi connectivity index (χ3n) is 2.77. The van der Waals surface area contributed by atoms with E-state index in [1.165, 1.54) is 6.92 Å². The van der Waals surface area contributed by atoms with Crippen molar-refractivity contribution in [3.8, 4) is 0 Å². The molecular weight excluding hydrogens is 266 g/mol. The van der Waals surface area contributed by atoms with Crippen molar-refractivity contribution in [2.75, 3.05) is 13.1 Å². The fraction of sp³-hybridized carbons (Fsp3) is 0.538. The van der Waals surface area contributed by atoms with E-state index in [2.05, 4.69) is 10.6 Å². The van der Waals surface area contributed by atoms with Crippen molar-refractivity contribution < 1.29 is 9.59 Å². The number of nitrogens with zero attached hydrogens (tertiary/aromatic N) is 1. The molecule has 0 radical (unpaired) electrons. The van der Waals surface area contributed by atoms with Gasteiger partial charge in [0.15, 0.2) is 5.78 Å². The lowest BCUT2D eigenvalue weighted by Gasteiger charge is -2.13. The smallest absolute Gasteiger partial charge is 0.267 e. The molecule has 0 bridgehead atoms. The first-order valence-corrected chi connectivity index (χ1v) is 6.14. The maximum absolute atomic E-state index is 11.9. The van der Waals surface area contributed by atoms with Gasteiger partial charge in [0.05, 0.1) is 0 Å². The third-order valence-corrected chi connectivity index (χ3v) is 2.77. The Labute approximate surface area is 120 Å². The Kier molecular flexibility index (Phi) is 7.41. The van der Waals surface area contributed by atoms with Gasteiger partial charge < -0.3 is 15.2 Å². The van der Waals surface area contributed by atoms with Crippen LogP contribution >= 0.6 is 12.4 Å². The number of aromatic nitrogens is 1. The number of aryl methyl sites for hydroxylation is 1. The van der Waals surface area contributed by atoms with Gasteiger partial charge in [0.2, 0.25) is 0 Å². The van der Waals surface area contributed by atoms with Gasteiger partial charge in [-0.15, -0.1) is 12.4 Å². The summed E-state index contributed by atoms with van der Waals surface area (Å²) in [6.07, 6.45) is 1.67. The lowest BCUT2D eigenvalue weighted by Crippen LogP contribution is -2.39. The van der Waals surface area contributed by atoms with E-state index in [0.29, 0.717) is 17.8 Å². The van der Waals surface area contributed by atoms with Crippen LogP contribution in [-0.4, -0.2) is 35.4 Å². The number of hydrogen-bond acceptors (Lipinski definition) is 3. The highest BCUT2D eigenvalue weighted by Crippen LogP contribution is 2.07. The van der Waals surface area contributed by atoms with E-state index in [0.717, 1.165) is 6.54 Å². The minimum atomic E-state index is -0.158. The molecule has 5 nitrogen and oxygen atoms in total. The first kappa shape index (κ1) is 17.7. The molecule has 1 atom stereocenters. The summed E-state index contributed by atoms with van der Waals surface area (Å²) >= 11 is 0. The Morgan fingerprint density at radius 1 is 1.42 bits per heavy atom. The standard InChI is InChI=1S/C13H21N3O2.ClH/c1-5-14-9(2)7-15-13(18)12-6-11(10(3)17)8-16(12)4;/h6,8-9,14H,5,7H2,1-4H3,(H,15,18);1H/t9-;/m1./s1. The van der Waals surface area contributed by atoms with Crippen molar-refractivity contribution in [1.29, 1.82) is 0 Å². The molecule has 0 spiro atoms. The zero-order valence-corrected chi connectivity index (χ0v) is 12.6. The quantitative estimate of drug-likeness (QED) is 0.777. The molecule has 1 aromatic heterocycles. The van der Waals surface area contributed by atoms with Crippen molar-refractivity contribution in [2.24, 2.45) is 7.05 Å². The van der Waals surface area contributed by atoms with Crippen LogP contribution < -0.4 is 10.6 Å². The van der Waals surface area contributed by atoms with Gasteiger partial charge in [-0.2, -0.15) is 0 Å². The molecule has 0 aromatic carbocycles. The number of Topliss-reactive ketones (excluding diaryl/α,β-unsaturated/α-hetero) is 1. The molecule has 2 N–H and O–H groups in total. The second kappa shape index (κ2) is 7.96. The number of ketones is 1. The summed E-state index contributed by atoms with van der Waals surface area (Å²) in [6.45, 7) is 6.96. The number of carbonyl (C=O) groups is 2. The Balaban J connectivity index is 0.00000324. The van der Waals surface area contributed by atoms with Gasteiger partial charge in [0.25, 0.3) is 5.91 Å². The van der Waals surface area contributed by atoms with Crippen LogP contribution in [0.25, 0.3) is 0 Å². The Morgan fingerprint density at radius 2 is 2.05 bits per heavy atom. The van der Waals surface area contributed by atoms with Crippen LogP contribution in [0.15, 0.2) is 12.3 Å². The van der Waals surface area contributed by atoms with Gasteiger partial charge in [-0.25, -0.2) is 0 Å². The molecule has 0 aliphatic carbocycles. The molecule has 108 valence electrons. The minimum Gasteiger partial charge on any atom is -0.349 e. The normalized spacial score (nSPS) is 11.6. The van der Waals surface area contributed by atoms with E-state index >= 15 is 0 Å². The van der Waals surface area contributed by atoms with Gasteiger partial charge in [-0.3, -0.25) is 9.59 Å². The van der Waals surface area contributed by atoms with Gasteiger partial charge in [0, 0.05) is 31.4 Å².